The highest BCUT2D eigenvalue weighted by Gasteiger charge is 2.28. The van der Waals surface area contributed by atoms with Gasteiger partial charge >= 0.3 is 0 Å². The zero-order valence-corrected chi connectivity index (χ0v) is 16.4. The number of halogens is 1. The predicted octanol–water partition coefficient (Wildman–Crippen LogP) is 0.950. The molecule has 1 aromatic heterocycles. The topological polar surface area (TPSA) is 92.7 Å². The van der Waals surface area contributed by atoms with Crippen LogP contribution >= 0.6 is 24.0 Å². The smallest absolute Gasteiger partial charge is 0.218 e. The zero-order chi connectivity index (χ0) is 16.0. The first kappa shape index (κ1) is 19.9. The van der Waals surface area contributed by atoms with Gasteiger partial charge in [0.15, 0.2) is 15.8 Å². The van der Waals surface area contributed by atoms with E-state index in [1.165, 1.54) is 0 Å². The summed E-state index contributed by atoms with van der Waals surface area (Å²) in [5.41, 5.74) is 0.923. The lowest BCUT2D eigenvalue weighted by molar-refractivity contribution is 0.322. The molecule has 2 rings (SSSR count). The number of hydrogen-bond acceptors (Lipinski definition) is 5. The Bertz CT molecular complexity index is 637. The summed E-state index contributed by atoms with van der Waals surface area (Å²) < 4.78 is 28.4. The van der Waals surface area contributed by atoms with Crippen LogP contribution in [0.25, 0.3) is 0 Å². The first-order valence-electron chi connectivity index (χ1n) is 7.28. The van der Waals surface area contributed by atoms with Gasteiger partial charge in [0.25, 0.3) is 0 Å². The van der Waals surface area contributed by atoms with Gasteiger partial charge in [0.2, 0.25) is 5.88 Å². The van der Waals surface area contributed by atoms with Gasteiger partial charge in [0.1, 0.15) is 0 Å². The first-order chi connectivity index (χ1) is 10.5. The molecule has 0 spiro atoms. The summed E-state index contributed by atoms with van der Waals surface area (Å²) in [6.45, 7) is 2.96. The molecule has 0 aliphatic carbocycles. The summed E-state index contributed by atoms with van der Waals surface area (Å²) in [7, 11) is -1.25. The van der Waals surface area contributed by atoms with Crippen molar-refractivity contribution >= 4 is 39.8 Å². The van der Waals surface area contributed by atoms with Gasteiger partial charge in [-0.05, 0) is 19.4 Å². The number of rotatable bonds is 5. The van der Waals surface area contributed by atoms with Crippen LogP contribution in [-0.2, 0) is 16.4 Å². The van der Waals surface area contributed by atoms with Gasteiger partial charge in [0.05, 0.1) is 18.1 Å². The summed E-state index contributed by atoms with van der Waals surface area (Å²) in [5.74, 6) is 1.56. The molecule has 130 valence electrons. The van der Waals surface area contributed by atoms with Gasteiger partial charge in [-0.2, -0.15) is 0 Å². The lowest BCUT2D eigenvalue weighted by Gasteiger charge is -2.16. The molecule has 7 nitrogen and oxygen atoms in total. The maximum Gasteiger partial charge on any atom is 0.218 e. The summed E-state index contributed by atoms with van der Waals surface area (Å²) in [4.78, 5) is 8.32. The standard InChI is InChI=1S/C14H22N4O3S.HI/c1-3-21-13-11(5-4-7-16-13)9-17-14(15-2)18-12-6-8-22(19,20)10-12;/h4-5,7,12H,3,6,8-10H2,1-2H3,(H2,15,17,18);1H. The zero-order valence-electron chi connectivity index (χ0n) is 13.3. The minimum absolute atomic E-state index is 0. The van der Waals surface area contributed by atoms with Crippen LogP contribution in [-0.4, -0.2) is 50.6 Å². The van der Waals surface area contributed by atoms with Crippen molar-refractivity contribution in [1.82, 2.24) is 15.6 Å². The molecule has 1 aliphatic rings. The molecule has 1 fully saturated rings. The molecule has 0 aromatic carbocycles. The van der Waals surface area contributed by atoms with E-state index >= 15 is 0 Å². The third kappa shape index (κ3) is 6.13. The van der Waals surface area contributed by atoms with Crippen molar-refractivity contribution in [2.75, 3.05) is 25.2 Å². The molecule has 1 atom stereocenters. The fourth-order valence-electron chi connectivity index (χ4n) is 2.30. The quantitative estimate of drug-likeness (QED) is 0.391. The van der Waals surface area contributed by atoms with E-state index in [0.717, 1.165) is 5.56 Å². The molecule has 1 saturated heterocycles. The van der Waals surface area contributed by atoms with Crippen molar-refractivity contribution in [2.45, 2.75) is 25.9 Å². The molecule has 0 bridgehead atoms. The van der Waals surface area contributed by atoms with E-state index in [9.17, 15) is 8.42 Å². The van der Waals surface area contributed by atoms with Gasteiger partial charge in [-0.15, -0.1) is 24.0 Å². The Morgan fingerprint density at radius 2 is 2.30 bits per heavy atom. The molecule has 0 amide bonds. The number of hydrogen-bond donors (Lipinski definition) is 2. The third-order valence-electron chi connectivity index (χ3n) is 3.37. The minimum Gasteiger partial charge on any atom is -0.478 e. The van der Waals surface area contributed by atoms with E-state index < -0.39 is 9.84 Å². The van der Waals surface area contributed by atoms with Crippen molar-refractivity contribution in [1.29, 1.82) is 0 Å². The van der Waals surface area contributed by atoms with Crippen molar-refractivity contribution in [3.05, 3.63) is 23.9 Å². The number of pyridine rings is 1. The van der Waals surface area contributed by atoms with E-state index in [4.69, 9.17) is 4.74 Å². The van der Waals surface area contributed by atoms with Crippen LogP contribution in [0.2, 0.25) is 0 Å². The molecule has 9 heteroatoms. The number of guanidine groups is 1. The molecule has 1 aromatic rings. The fraction of sp³-hybridized carbons (Fsp3) is 0.571. The van der Waals surface area contributed by atoms with Crippen LogP contribution in [0.5, 0.6) is 5.88 Å². The Morgan fingerprint density at radius 3 is 2.91 bits per heavy atom. The highest BCUT2D eigenvalue weighted by Crippen LogP contribution is 2.14. The van der Waals surface area contributed by atoms with Crippen molar-refractivity contribution < 1.29 is 13.2 Å². The van der Waals surface area contributed by atoms with Crippen LogP contribution in [0.3, 0.4) is 0 Å². The number of aromatic nitrogens is 1. The van der Waals surface area contributed by atoms with Crippen molar-refractivity contribution in [3.8, 4) is 5.88 Å². The van der Waals surface area contributed by atoms with Gasteiger partial charge in [-0.25, -0.2) is 13.4 Å². The summed E-state index contributed by atoms with van der Waals surface area (Å²) in [5, 5.41) is 6.30. The summed E-state index contributed by atoms with van der Waals surface area (Å²) in [6, 6.07) is 3.69. The van der Waals surface area contributed by atoms with Crippen LogP contribution in [0.4, 0.5) is 0 Å². The van der Waals surface area contributed by atoms with Crippen LogP contribution in [0, 0.1) is 0 Å². The lowest BCUT2D eigenvalue weighted by Crippen LogP contribution is -2.43. The van der Waals surface area contributed by atoms with Crippen LogP contribution in [0.1, 0.15) is 18.9 Å². The Labute approximate surface area is 154 Å². The van der Waals surface area contributed by atoms with E-state index in [1.54, 1.807) is 13.2 Å². The average molecular weight is 454 g/mol. The molecule has 23 heavy (non-hydrogen) atoms. The number of ether oxygens (including phenoxy) is 1. The second-order valence-corrected chi connectivity index (χ2v) is 7.30. The third-order valence-corrected chi connectivity index (χ3v) is 5.14. The average Bonchev–Trinajstić information content (AvgIpc) is 2.84. The molecular weight excluding hydrogens is 431 g/mol. The molecule has 0 radical (unpaired) electrons. The Balaban J connectivity index is 0.00000264. The number of nitrogens with zero attached hydrogens (tertiary/aromatic N) is 2. The largest absolute Gasteiger partial charge is 0.478 e. The normalized spacial score (nSPS) is 19.7. The fourth-order valence-corrected chi connectivity index (χ4v) is 3.97. The molecule has 1 unspecified atom stereocenters. The van der Waals surface area contributed by atoms with E-state index in [2.05, 4.69) is 20.6 Å². The Kier molecular flexibility index (Phi) is 8.03. The van der Waals surface area contributed by atoms with Crippen molar-refractivity contribution in [2.24, 2.45) is 4.99 Å². The molecule has 2 heterocycles. The van der Waals surface area contributed by atoms with Gasteiger partial charge < -0.3 is 15.4 Å². The highest BCUT2D eigenvalue weighted by molar-refractivity contribution is 14.0. The van der Waals surface area contributed by atoms with Crippen LogP contribution in [0.15, 0.2) is 23.3 Å². The molecule has 2 N–H and O–H groups in total. The van der Waals surface area contributed by atoms with Gasteiger partial charge in [0, 0.05) is 31.4 Å². The molecule has 1 aliphatic heterocycles. The van der Waals surface area contributed by atoms with E-state index in [1.807, 2.05) is 19.1 Å². The number of aliphatic imine (C=N–C) groups is 1. The number of nitrogens with one attached hydrogen (secondary N) is 2. The molecule has 0 saturated carbocycles. The second kappa shape index (κ2) is 9.26. The SMILES string of the molecule is CCOc1ncccc1CNC(=NC)NC1CCS(=O)(=O)C1.I. The van der Waals surface area contributed by atoms with E-state index in [0.29, 0.717) is 31.4 Å². The lowest BCUT2D eigenvalue weighted by atomic mass is 10.2. The second-order valence-electron chi connectivity index (χ2n) is 5.07. The van der Waals surface area contributed by atoms with E-state index in [-0.39, 0.29) is 41.5 Å². The monoisotopic (exact) mass is 454 g/mol. The first-order valence-corrected chi connectivity index (χ1v) is 9.10. The molecular formula is C14H23IN4O3S. The van der Waals surface area contributed by atoms with Crippen molar-refractivity contribution in [3.63, 3.8) is 0 Å². The summed E-state index contributed by atoms with van der Waals surface area (Å²) >= 11 is 0. The number of sulfone groups is 1. The minimum atomic E-state index is -2.91. The Morgan fingerprint density at radius 1 is 1.52 bits per heavy atom. The van der Waals surface area contributed by atoms with Crippen LogP contribution < -0.4 is 15.4 Å². The Hall–Kier alpha value is -1.10. The maximum absolute atomic E-state index is 11.5. The maximum atomic E-state index is 11.5. The van der Waals surface area contributed by atoms with Gasteiger partial charge in [-0.3, -0.25) is 4.99 Å². The summed E-state index contributed by atoms with van der Waals surface area (Å²) in [6.07, 6.45) is 2.30. The predicted molar refractivity (Wildman–Crippen MR) is 101 cm³/mol. The highest BCUT2D eigenvalue weighted by atomic mass is 127. The van der Waals surface area contributed by atoms with Gasteiger partial charge in [-0.1, -0.05) is 6.07 Å².